The van der Waals surface area contributed by atoms with Gasteiger partial charge in [-0.25, -0.2) is 0 Å². The van der Waals surface area contributed by atoms with Crippen molar-refractivity contribution in [2.24, 2.45) is 0 Å². The lowest BCUT2D eigenvalue weighted by Crippen LogP contribution is -2.21. The molecule has 0 aromatic carbocycles. The van der Waals surface area contributed by atoms with Crippen molar-refractivity contribution in [2.45, 2.75) is 26.4 Å². The normalized spacial score (nSPS) is 11.1. The van der Waals surface area contributed by atoms with Crippen molar-refractivity contribution in [1.29, 1.82) is 0 Å². The minimum absolute atomic E-state index is 0.408. The maximum Gasteiger partial charge on any atom is 0.240 e. The number of H-pyrrole nitrogens is 1. The summed E-state index contributed by atoms with van der Waals surface area (Å²) >= 11 is 0. The fourth-order valence-corrected chi connectivity index (χ4v) is 1.20. The molecule has 0 saturated carbocycles. The number of hydrogen-bond acceptors (Lipinski definition) is 4. The molecule has 0 aliphatic heterocycles. The summed E-state index contributed by atoms with van der Waals surface area (Å²) in [6.07, 6.45) is 1.83. The molecule has 0 radical (unpaired) electrons. The van der Waals surface area contributed by atoms with Crippen molar-refractivity contribution in [3.63, 3.8) is 0 Å². The number of aromatic nitrogens is 3. The molecule has 2 heterocycles. The highest BCUT2D eigenvalue weighted by atomic mass is 16.5. The summed E-state index contributed by atoms with van der Waals surface area (Å²) in [6.45, 7) is 4.75. The summed E-state index contributed by atoms with van der Waals surface area (Å²) in [7, 11) is 0. The van der Waals surface area contributed by atoms with E-state index in [0.29, 0.717) is 24.3 Å². The van der Waals surface area contributed by atoms with E-state index in [1.807, 2.05) is 18.3 Å². The molecule has 15 heavy (non-hydrogen) atoms. The van der Waals surface area contributed by atoms with Crippen LogP contribution >= 0.6 is 0 Å². The van der Waals surface area contributed by atoms with Gasteiger partial charge in [-0.05, 0) is 12.1 Å². The van der Waals surface area contributed by atoms with Crippen molar-refractivity contribution in [1.82, 2.24) is 20.4 Å². The quantitative estimate of drug-likeness (QED) is 0.796. The minimum atomic E-state index is 0.408. The molecular weight excluding hydrogens is 192 g/mol. The first-order valence-corrected chi connectivity index (χ1v) is 4.95. The van der Waals surface area contributed by atoms with Crippen LogP contribution in [0.3, 0.4) is 0 Å². The van der Waals surface area contributed by atoms with E-state index < -0.39 is 0 Å². The Bertz CT molecular complexity index is 405. The van der Waals surface area contributed by atoms with E-state index in [2.05, 4.69) is 34.3 Å². The Morgan fingerprint density at radius 3 is 3.07 bits per heavy atom. The molecule has 0 atom stereocenters. The molecule has 0 amide bonds. The highest BCUT2D eigenvalue weighted by Gasteiger charge is 2.08. The fraction of sp³-hybridized carbons (Fsp3) is 0.400. The largest absolute Gasteiger partial charge is 0.359 e. The fourth-order valence-electron chi connectivity index (χ4n) is 1.20. The summed E-state index contributed by atoms with van der Waals surface area (Å²) in [5, 5.41) is 7.09. The van der Waals surface area contributed by atoms with Gasteiger partial charge in [0.1, 0.15) is 0 Å². The standard InChI is InChI=1S/C10H14N4O/c1-7(2)12-6-9-13-10(14-15-9)8-4-3-5-11-8/h3-5,7,11-12H,6H2,1-2H3. The summed E-state index contributed by atoms with van der Waals surface area (Å²) < 4.78 is 5.10. The molecule has 2 aromatic heterocycles. The molecule has 2 aromatic rings. The molecule has 2 rings (SSSR count). The molecular formula is C10H14N4O. The van der Waals surface area contributed by atoms with Gasteiger partial charge in [0.05, 0.1) is 12.2 Å². The first-order valence-electron chi connectivity index (χ1n) is 4.95. The highest BCUT2D eigenvalue weighted by molar-refractivity contribution is 5.47. The Balaban J connectivity index is 2.04. The third kappa shape index (κ3) is 2.44. The highest BCUT2D eigenvalue weighted by Crippen LogP contribution is 2.12. The molecule has 5 nitrogen and oxygen atoms in total. The predicted molar refractivity (Wildman–Crippen MR) is 56.1 cm³/mol. The molecule has 0 saturated heterocycles. The summed E-state index contributed by atoms with van der Waals surface area (Å²) in [5.74, 6) is 1.20. The van der Waals surface area contributed by atoms with Gasteiger partial charge in [0.25, 0.3) is 0 Å². The average molecular weight is 206 g/mol. The second-order valence-corrected chi connectivity index (χ2v) is 3.63. The maximum atomic E-state index is 5.10. The van der Waals surface area contributed by atoms with Crippen molar-refractivity contribution < 1.29 is 4.52 Å². The minimum Gasteiger partial charge on any atom is -0.359 e. The van der Waals surface area contributed by atoms with Crippen LogP contribution in [0.25, 0.3) is 11.5 Å². The zero-order valence-electron chi connectivity index (χ0n) is 8.82. The second-order valence-electron chi connectivity index (χ2n) is 3.63. The van der Waals surface area contributed by atoms with Crippen LogP contribution in [0.15, 0.2) is 22.9 Å². The molecule has 0 bridgehead atoms. The lowest BCUT2D eigenvalue weighted by atomic mass is 10.4. The van der Waals surface area contributed by atoms with Crippen LogP contribution in [-0.2, 0) is 6.54 Å². The number of rotatable bonds is 4. The Kier molecular flexibility index (Phi) is 2.82. The van der Waals surface area contributed by atoms with Crippen molar-refractivity contribution in [3.8, 4) is 11.5 Å². The Morgan fingerprint density at radius 2 is 2.40 bits per heavy atom. The van der Waals surface area contributed by atoms with E-state index in [1.165, 1.54) is 0 Å². The van der Waals surface area contributed by atoms with Crippen LogP contribution in [0, 0.1) is 0 Å². The van der Waals surface area contributed by atoms with Crippen molar-refractivity contribution in [2.75, 3.05) is 0 Å². The van der Waals surface area contributed by atoms with E-state index >= 15 is 0 Å². The van der Waals surface area contributed by atoms with Gasteiger partial charge in [-0.2, -0.15) is 4.98 Å². The third-order valence-corrected chi connectivity index (χ3v) is 1.97. The first kappa shape index (κ1) is 9.92. The SMILES string of the molecule is CC(C)NCc1nc(-c2ccc[nH]2)no1. The number of nitrogens with one attached hydrogen (secondary N) is 2. The van der Waals surface area contributed by atoms with Crippen LogP contribution in [0.2, 0.25) is 0 Å². The van der Waals surface area contributed by atoms with Crippen LogP contribution in [-0.4, -0.2) is 21.2 Å². The molecule has 5 heteroatoms. The Labute approximate surface area is 87.9 Å². The number of aromatic amines is 1. The molecule has 0 aliphatic rings. The summed E-state index contributed by atoms with van der Waals surface area (Å²) in [4.78, 5) is 7.28. The van der Waals surface area contributed by atoms with Gasteiger partial charge >= 0.3 is 0 Å². The summed E-state index contributed by atoms with van der Waals surface area (Å²) in [6, 6.07) is 4.22. The second kappa shape index (κ2) is 4.27. The van der Waals surface area contributed by atoms with Gasteiger partial charge in [0.2, 0.25) is 11.7 Å². The van der Waals surface area contributed by atoms with Crippen LogP contribution in [0.1, 0.15) is 19.7 Å². The molecule has 0 spiro atoms. The van der Waals surface area contributed by atoms with Gasteiger partial charge in [0, 0.05) is 12.2 Å². The first-order chi connectivity index (χ1) is 7.25. The molecule has 0 fully saturated rings. The van der Waals surface area contributed by atoms with Crippen LogP contribution in [0.5, 0.6) is 0 Å². The lowest BCUT2D eigenvalue weighted by molar-refractivity contribution is 0.362. The van der Waals surface area contributed by atoms with Crippen LogP contribution < -0.4 is 5.32 Å². The summed E-state index contributed by atoms with van der Waals surface area (Å²) in [5.41, 5.74) is 0.870. The molecule has 80 valence electrons. The van der Waals surface area contributed by atoms with Gasteiger partial charge < -0.3 is 14.8 Å². The van der Waals surface area contributed by atoms with E-state index in [0.717, 1.165) is 5.69 Å². The zero-order chi connectivity index (χ0) is 10.7. The van der Waals surface area contributed by atoms with E-state index in [-0.39, 0.29) is 0 Å². The van der Waals surface area contributed by atoms with Crippen molar-refractivity contribution >= 4 is 0 Å². The molecule has 2 N–H and O–H groups in total. The lowest BCUT2D eigenvalue weighted by Gasteiger charge is -2.02. The maximum absolute atomic E-state index is 5.10. The van der Waals surface area contributed by atoms with Gasteiger partial charge in [-0.15, -0.1) is 0 Å². The van der Waals surface area contributed by atoms with E-state index in [9.17, 15) is 0 Å². The molecule has 0 aliphatic carbocycles. The van der Waals surface area contributed by atoms with Gasteiger partial charge in [-0.1, -0.05) is 19.0 Å². The Morgan fingerprint density at radius 1 is 1.53 bits per heavy atom. The average Bonchev–Trinajstić information content (AvgIpc) is 2.85. The van der Waals surface area contributed by atoms with Crippen LogP contribution in [0.4, 0.5) is 0 Å². The molecule has 0 unspecified atom stereocenters. The van der Waals surface area contributed by atoms with E-state index in [4.69, 9.17) is 4.52 Å². The van der Waals surface area contributed by atoms with Crippen molar-refractivity contribution in [3.05, 3.63) is 24.2 Å². The Hall–Kier alpha value is -1.62. The third-order valence-electron chi connectivity index (χ3n) is 1.97. The number of nitrogens with zero attached hydrogens (tertiary/aromatic N) is 2. The predicted octanol–water partition coefficient (Wildman–Crippen LogP) is 1.56. The van der Waals surface area contributed by atoms with E-state index in [1.54, 1.807) is 0 Å². The topological polar surface area (TPSA) is 66.7 Å². The van der Waals surface area contributed by atoms with Gasteiger partial charge in [-0.3, -0.25) is 0 Å². The monoisotopic (exact) mass is 206 g/mol. The smallest absolute Gasteiger partial charge is 0.240 e. The zero-order valence-corrected chi connectivity index (χ0v) is 8.82. The van der Waals surface area contributed by atoms with Gasteiger partial charge in [0.15, 0.2) is 0 Å². The number of hydrogen-bond donors (Lipinski definition) is 2.